The number of hydrogen-bond acceptors (Lipinski definition) is 4. The van der Waals surface area contributed by atoms with E-state index in [1.165, 1.54) is 23.4 Å². The zero-order valence-electron chi connectivity index (χ0n) is 15.5. The quantitative estimate of drug-likeness (QED) is 0.481. The molecular weight excluding hydrogens is 385 g/mol. The van der Waals surface area contributed by atoms with E-state index >= 15 is 0 Å². The van der Waals surface area contributed by atoms with Crippen LogP contribution in [-0.2, 0) is 18.9 Å². The average molecular weight is 406 g/mol. The molecule has 2 aromatic carbocycles. The number of aromatic nitrogens is 3. The summed E-state index contributed by atoms with van der Waals surface area (Å²) in [5.74, 6) is 1.65. The largest absolute Gasteiger partial charge is 0.485 e. The lowest BCUT2D eigenvalue weighted by atomic mass is 10.1. The van der Waals surface area contributed by atoms with Gasteiger partial charge >= 0.3 is 0 Å². The summed E-state index contributed by atoms with van der Waals surface area (Å²) in [6.45, 7) is 7.11. The van der Waals surface area contributed by atoms with Crippen LogP contribution >= 0.6 is 23.4 Å². The van der Waals surface area contributed by atoms with Crippen LogP contribution in [0.2, 0.25) is 5.02 Å². The molecule has 0 bridgehead atoms. The molecule has 3 rings (SSSR count). The van der Waals surface area contributed by atoms with Crippen LogP contribution in [0.15, 0.2) is 41.6 Å². The van der Waals surface area contributed by atoms with Crippen LogP contribution in [-0.4, -0.2) is 14.8 Å². The second kappa shape index (κ2) is 8.76. The maximum absolute atomic E-state index is 14.0. The normalized spacial score (nSPS) is 11.0. The number of hydrogen-bond donors (Lipinski definition) is 0. The van der Waals surface area contributed by atoms with Gasteiger partial charge in [-0.3, -0.25) is 0 Å². The minimum Gasteiger partial charge on any atom is -0.485 e. The molecular formula is C20H21ClFN3OS. The molecule has 0 amide bonds. The highest BCUT2D eigenvalue weighted by atomic mass is 35.5. The zero-order chi connectivity index (χ0) is 19.4. The third kappa shape index (κ3) is 4.62. The van der Waals surface area contributed by atoms with Gasteiger partial charge in [-0.1, -0.05) is 47.1 Å². The minimum atomic E-state index is -0.309. The van der Waals surface area contributed by atoms with E-state index in [1.807, 2.05) is 30.5 Å². The van der Waals surface area contributed by atoms with Crippen LogP contribution in [0.25, 0.3) is 0 Å². The van der Waals surface area contributed by atoms with Gasteiger partial charge < -0.3 is 9.30 Å². The van der Waals surface area contributed by atoms with Crippen LogP contribution in [0.3, 0.4) is 0 Å². The Bertz CT molecular complexity index is 925. The Morgan fingerprint density at radius 2 is 2.00 bits per heavy atom. The Morgan fingerprint density at radius 1 is 1.19 bits per heavy atom. The summed E-state index contributed by atoms with van der Waals surface area (Å²) in [5.41, 5.74) is 2.76. The summed E-state index contributed by atoms with van der Waals surface area (Å²) in [5, 5.41) is 9.63. The molecule has 0 saturated heterocycles. The lowest BCUT2D eigenvalue weighted by molar-refractivity contribution is 0.286. The molecule has 0 fully saturated rings. The van der Waals surface area contributed by atoms with Gasteiger partial charge in [0, 0.05) is 22.9 Å². The third-order valence-corrected chi connectivity index (χ3v) is 5.55. The standard InChI is InChI=1S/C20H21ClFN3OS/c1-4-25-19(11-26-18-9-8-13(2)10-14(18)3)23-24-20(25)27-12-15-16(21)6-5-7-17(15)22/h5-10H,4,11-12H2,1-3H3. The molecule has 0 aliphatic rings. The topological polar surface area (TPSA) is 39.9 Å². The van der Waals surface area contributed by atoms with Crippen molar-refractivity contribution in [3.63, 3.8) is 0 Å². The first-order chi connectivity index (χ1) is 13.0. The molecule has 1 aromatic heterocycles. The number of halogens is 2. The van der Waals surface area contributed by atoms with Gasteiger partial charge in [0.15, 0.2) is 11.0 Å². The Labute approximate surface area is 167 Å². The van der Waals surface area contributed by atoms with Gasteiger partial charge in [-0.2, -0.15) is 0 Å². The maximum Gasteiger partial charge on any atom is 0.191 e. The second-order valence-electron chi connectivity index (χ2n) is 6.19. The van der Waals surface area contributed by atoms with Crippen LogP contribution < -0.4 is 4.74 Å². The lowest BCUT2D eigenvalue weighted by Gasteiger charge is -2.11. The van der Waals surface area contributed by atoms with Crippen molar-refractivity contribution in [1.29, 1.82) is 0 Å². The molecule has 0 spiro atoms. The van der Waals surface area contributed by atoms with Crippen LogP contribution in [0.4, 0.5) is 4.39 Å². The molecule has 0 saturated carbocycles. The molecule has 7 heteroatoms. The van der Waals surface area contributed by atoms with E-state index < -0.39 is 0 Å². The van der Waals surface area contributed by atoms with Crippen molar-refractivity contribution >= 4 is 23.4 Å². The van der Waals surface area contributed by atoms with E-state index in [2.05, 4.69) is 23.2 Å². The van der Waals surface area contributed by atoms with E-state index in [9.17, 15) is 4.39 Å². The highest BCUT2D eigenvalue weighted by molar-refractivity contribution is 7.98. The molecule has 0 radical (unpaired) electrons. The van der Waals surface area contributed by atoms with E-state index in [0.29, 0.717) is 29.5 Å². The predicted octanol–water partition coefficient (Wildman–Crippen LogP) is 5.58. The molecule has 0 aliphatic carbocycles. The first-order valence-electron chi connectivity index (χ1n) is 8.67. The predicted molar refractivity (Wildman–Crippen MR) is 107 cm³/mol. The molecule has 3 aromatic rings. The second-order valence-corrected chi connectivity index (χ2v) is 7.54. The number of nitrogens with zero attached hydrogens (tertiary/aromatic N) is 3. The molecule has 27 heavy (non-hydrogen) atoms. The number of rotatable bonds is 7. The Morgan fingerprint density at radius 3 is 2.70 bits per heavy atom. The summed E-state index contributed by atoms with van der Waals surface area (Å²) in [6, 6.07) is 10.8. The first-order valence-corrected chi connectivity index (χ1v) is 10.0. The van der Waals surface area contributed by atoms with Crippen LogP contribution in [0, 0.1) is 19.7 Å². The third-order valence-electron chi connectivity index (χ3n) is 4.20. The number of benzene rings is 2. The van der Waals surface area contributed by atoms with Gasteiger partial charge in [0.05, 0.1) is 0 Å². The van der Waals surface area contributed by atoms with Gasteiger partial charge in [0.1, 0.15) is 18.2 Å². The van der Waals surface area contributed by atoms with Gasteiger partial charge in [-0.15, -0.1) is 10.2 Å². The summed E-state index contributed by atoms with van der Waals surface area (Å²) in [7, 11) is 0. The van der Waals surface area contributed by atoms with E-state index in [-0.39, 0.29) is 5.82 Å². The Kier molecular flexibility index (Phi) is 6.39. The van der Waals surface area contributed by atoms with Crippen molar-refractivity contribution in [3.05, 3.63) is 69.8 Å². The molecule has 1 heterocycles. The zero-order valence-corrected chi connectivity index (χ0v) is 17.1. The summed E-state index contributed by atoms with van der Waals surface area (Å²) in [4.78, 5) is 0. The lowest BCUT2D eigenvalue weighted by Crippen LogP contribution is -2.07. The highest BCUT2D eigenvalue weighted by Gasteiger charge is 2.15. The highest BCUT2D eigenvalue weighted by Crippen LogP contribution is 2.28. The summed E-state index contributed by atoms with van der Waals surface area (Å²) >= 11 is 7.51. The van der Waals surface area contributed by atoms with Crippen LogP contribution in [0.1, 0.15) is 29.4 Å². The molecule has 142 valence electrons. The minimum absolute atomic E-state index is 0.309. The monoisotopic (exact) mass is 405 g/mol. The SMILES string of the molecule is CCn1c(COc2ccc(C)cc2C)nnc1SCc1c(F)cccc1Cl. The smallest absolute Gasteiger partial charge is 0.191 e. The fourth-order valence-corrected chi connectivity index (χ4v) is 4.13. The van der Waals surface area contributed by atoms with Crippen molar-refractivity contribution in [3.8, 4) is 5.75 Å². The fraction of sp³-hybridized carbons (Fsp3) is 0.300. The number of thioether (sulfide) groups is 1. The van der Waals surface area contributed by atoms with Gasteiger partial charge in [-0.25, -0.2) is 4.39 Å². The summed E-state index contributed by atoms with van der Waals surface area (Å²) < 4.78 is 21.9. The van der Waals surface area contributed by atoms with Crippen LogP contribution in [0.5, 0.6) is 5.75 Å². The van der Waals surface area contributed by atoms with Gasteiger partial charge in [-0.05, 0) is 44.5 Å². The molecule has 0 atom stereocenters. The molecule has 0 unspecified atom stereocenters. The van der Waals surface area contributed by atoms with Crippen molar-refractivity contribution in [2.24, 2.45) is 0 Å². The van der Waals surface area contributed by atoms with Crippen molar-refractivity contribution in [2.45, 2.75) is 44.8 Å². The molecule has 4 nitrogen and oxygen atoms in total. The maximum atomic E-state index is 14.0. The van der Waals surface area contributed by atoms with E-state index in [4.69, 9.17) is 16.3 Å². The van der Waals surface area contributed by atoms with Crippen molar-refractivity contribution in [1.82, 2.24) is 14.8 Å². The Balaban J connectivity index is 1.71. The molecule has 0 N–H and O–H groups in total. The number of aryl methyl sites for hydroxylation is 2. The molecule has 0 aliphatic heterocycles. The Hall–Kier alpha value is -2.05. The number of ether oxygens (including phenoxy) is 1. The average Bonchev–Trinajstić information content (AvgIpc) is 3.02. The van der Waals surface area contributed by atoms with E-state index in [1.54, 1.807) is 12.1 Å². The van der Waals surface area contributed by atoms with Crippen molar-refractivity contribution in [2.75, 3.05) is 0 Å². The van der Waals surface area contributed by atoms with Crippen molar-refractivity contribution < 1.29 is 9.13 Å². The summed E-state index contributed by atoms with van der Waals surface area (Å²) in [6.07, 6.45) is 0. The van der Waals surface area contributed by atoms with Gasteiger partial charge in [0.2, 0.25) is 0 Å². The fourth-order valence-electron chi connectivity index (χ4n) is 2.76. The first kappa shape index (κ1) is 19.7. The van der Waals surface area contributed by atoms with E-state index in [0.717, 1.165) is 22.3 Å². The van der Waals surface area contributed by atoms with Gasteiger partial charge in [0.25, 0.3) is 0 Å².